The van der Waals surface area contributed by atoms with E-state index in [1.165, 1.54) is 23.6 Å². The number of carbonyl (C=O) groups is 2. The number of nitrogens with zero attached hydrogens (tertiary/aromatic N) is 4. The molecule has 2 N–H and O–H groups in total. The maximum absolute atomic E-state index is 11.1. The maximum atomic E-state index is 11.1. The first kappa shape index (κ1) is 13.4. The summed E-state index contributed by atoms with van der Waals surface area (Å²) in [5.74, 6) is -0.661. The predicted octanol–water partition coefficient (Wildman–Crippen LogP) is -0.940. The van der Waals surface area contributed by atoms with Crippen LogP contribution in [0.1, 0.15) is 6.92 Å². The van der Waals surface area contributed by atoms with Gasteiger partial charge in [-0.25, -0.2) is 4.68 Å². The molecule has 0 aliphatic carbocycles. The summed E-state index contributed by atoms with van der Waals surface area (Å²) in [6.07, 6.45) is 0. The molecule has 94 valence electrons. The second-order valence-electron chi connectivity index (χ2n) is 3.31. The zero-order valence-corrected chi connectivity index (χ0v) is 10.3. The number of tetrazole rings is 1. The van der Waals surface area contributed by atoms with Crippen molar-refractivity contribution in [2.75, 3.05) is 12.9 Å². The van der Waals surface area contributed by atoms with Gasteiger partial charge in [-0.15, -0.1) is 5.10 Å². The minimum atomic E-state index is -0.443. The van der Waals surface area contributed by atoms with Gasteiger partial charge in [-0.3, -0.25) is 9.59 Å². The highest BCUT2D eigenvalue weighted by atomic mass is 32.2. The third kappa shape index (κ3) is 4.02. The molecule has 1 aromatic heterocycles. The van der Waals surface area contributed by atoms with Gasteiger partial charge >= 0.3 is 5.97 Å². The second-order valence-corrected chi connectivity index (χ2v) is 4.30. The van der Waals surface area contributed by atoms with Gasteiger partial charge in [0.15, 0.2) is 0 Å². The number of aromatic nitrogens is 4. The van der Waals surface area contributed by atoms with Gasteiger partial charge < -0.3 is 10.5 Å². The van der Waals surface area contributed by atoms with Crippen molar-refractivity contribution in [1.29, 1.82) is 0 Å². The van der Waals surface area contributed by atoms with Crippen molar-refractivity contribution in [3.05, 3.63) is 0 Å². The molecule has 0 aliphatic heterocycles. The highest BCUT2D eigenvalue weighted by molar-refractivity contribution is 7.99. The highest BCUT2D eigenvalue weighted by Gasteiger charge is 2.14. The summed E-state index contributed by atoms with van der Waals surface area (Å²) in [5.41, 5.74) is 5.13. The summed E-state index contributed by atoms with van der Waals surface area (Å²) in [4.78, 5) is 21.9. The Balaban J connectivity index is 2.57. The van der Waals surface area contributed by atoms with E-state index in [9.17, 15) is 9.59 Å². The van der Waals surface area contributed by atoms with Crippen molar-refractivity contribution in [3.63, 3.8) is 0 Å². The van der Waals surface area contributed by atoms with Crippen LogP contribution in [0.25, 0.3) is 0 Å². The van der Waals surface area contributed by atoms with Crippen molar-refractivity contribution >= 4 is 23.6 Å². The number of hydrogen-bond donors (Lipinski definition) is 1. The molecule has 9 heteroatoms. The molecule has 8 nitrogen and oxygen atoms in total. The van der Waals surface area contributed by atoms with Crippen LogP contribution in [0.3, 0.4) is 0 Å². The lowest BCUT2D eigenvalue weighted by atomic mass is 10.2. The first-order chi connectivity index (χ1) is 8.04. The molecule has 0 aliphatic rings. The van der Waals surface area contributed by atoms with Crippen LogP contribution in [0.5, 0.6) is 0 Å². The van der Waals surface area contributed by atoms with E-state index >= 15 is 0 Å². The number of carbonyl (C=O) groups excluding carboxylic acids is 2. The van der Waals surface area contributed by atoms with Crippen LogP contribution >= 0.6 is 11.8 Å². The van der Waals surface area contributed by atoms with E-state index in [1.54, 1.807) is 6.92 Å². The molecule has 1 atom stereocenters. The third-order valence-corrected chi connectivity index (χ3v) is 3.17. The largest absolute Gasteiger partial charge is 0.468 e. The smallest absolute Gasteiger partial charge is 0.327 e. The van der Waals surface area contributed by atoms with Crippen LogP contribution in [-0.4, -0.2) is 44.9 Å². The number of rotatable bonds is 6. The van der Waals surface area contributed by atoms with Gasteiger partial charge in [-0.1, -0.05) is 18.7 Å². The fourth-order valence-electron chi connectivity index (χ4n) is 0.868. The molecule has 0 radical (unpaired) electrons. The van der Waals surface area contributed by atoms with Crippen molar-refractivity contribution < 1.29 is 14.3 Å². The number of ether oxygens (including phenoxy) is 1. The number of nitrogens with two attached hydrogens (primary N) is 1. The van der Waals surface area contributed by atoms with Gasteiger partial charge in [0, 0.05) is 11.7 Å². The fourth-order valence-corrected chi connectivity index (χ4v) is 1.78. The van der Waals surface area contributed by atoms with Gasteiger partial charge in [-0.2, -0.15) is 0 Å². The van der Waals surface area contributed by atoms with E-state index in [2.05, 4.69) is 20.3 Å². The first-order valence-corrected chi connectivity index (χ1v) is 5.78. The molecule has 1 amide bonds. The lowest BCUT2D eigenvalue weighted by Crippen LogP contribution is -2.22. The van der Waals surface area contributed by atoms with E-state index < -0.39 is 5.97 Å². The van der Waals surface area contributed by atoms with Crippen LogP contribution in [0.15, 0.2) is 5.16 Å². The molecule has 1 rings (SSSR count). The van der Waals surface area contributed by atoms with E-state index in [0.29, 0.717) is 10.9 Å². The van der Waals surface area contributed by atoms with Crippen molar-refractivity contribution in [3.8, 4) is 0 Å². The quantitative estimate of drug-likeness (QED) is 0.518. The molecule has 0 saturated heterocycles. The Hall–Kier alpha value is -1.64. The third-order valence-electron chi connectivity index (χ3n) is 1.95. The highest BCUT2D eigenvalue weighted by Crippen LogP contribution is 2.17. The zero-order valence-electron chi connectivity index (χ0n) is 9.49. The zero-order chi connectivity index (χ0) is 12.8. The van der Waals surface area contributed by atoms with Crippen LogP contribution in [-0.2, 0) is 20.9 Å². The Morgan fingerprint density at radius 3 is 2.88 bits per heavy atom. The Morgan fingerprint density at radius 1 is 1.59 bits per heavy atom. The first-order valence-electron chi connectivity index (χ1n) is 4.79. The van der Waals surface area contributed by atoms with Crippen molar-refractivity contribution in [2.45, 2.75) is 18.6 Å². The van der Waals surface area contributed by atoms with E-state index in [0.717, 1.165) is 0 Å². The molecule has 1 heterocycles. The second kappa shape index (κ2) is 6.18. The molecule has 1 aromatic rings. The lowest BCUT2D eigenvalue weighted by molar-refractivity contribution is -0.141. The number of esters is 1. The standard InChI is InChI=1S/C8H13N5O3S/c1-5(7(9)15)4-17-8-10-11-12-13(8)3-6(14)16-2/h5H,3-4H2,1-2H3,(H2,9,15). The van der Waals surface area contributed by atoms with E-state index in [4.69, 9.17) is 5.73 Å². The van der Waals surface area contributed by atoms with Gasteiger partial charge in [0.25, 0.3) is 0 Å². The van der Waals surface area contributed by atoms with Crippen LogP contribution in [0, 0.1) is 5.92 Å². The summed E-state index contributed by atoms with van der Waals surface area (Å²) >= 11 is 1.26. The summed E-state index contributed by atoms with van der Waals surface area (Å²) in [5, 5.41) is 11.3. The number of thioether (sulfide) groups is 1. The molecule has 0 fully saturated rings. The summed E-state index contributed by atoms with van der Waals surface area (Å²) < 4.78 is 5.81. The minimum Gasteiger partial charge on any atom is -0.468 e. The molecule has 17 heavy (non-hydrogen) atoms. The predicted molar refractivity (Wildman–Crippen MR) is 58.9 cm³/mol. The fraction of sp³-hybridized carbons (Fsp3) is 0.625. The summed E-state index contributed by atoms with van der Waals surface area (Å²) in [6.45, 7) is 1.65. The molecule has 0 aromatic carbocycles. The van der Waals surface area contributed by atoms with Gasteiger partial charge in [0.2, 0.25) is 11.1 Å². The molecule has 0 bridgehead atoms. The maximum Gasteiger partial charge on any atom is 0.327 e. The lowest BCUT2D eigenvalue weighted by Gasteiger charge is -2.06. The number of methoxy groups -OCH3 is 1. The van der Waals surface area contributed by atoms with E-state index in [-0.39, 0.29) is 18.4 Å². The SMILES string of the molecule is COC(=O)Cn1nnnc1SCC(C)C(N)=O. The molecule has 0 saturated carbocycles. The van der Waals surface area contributed by atoms with E-state index in [1.807, 2.05) is 0 Å². The van der Waals surface area contributed by atoms with Crippen molar-refractivity contribution in [2.24, 2.45) is 11.7 Å². The summed E-state index contributed by atoms with van der Waals surface area (Å²) in [6, 6.07) is 0. The minimum absolute atomic E-state index is 0.0587. The Kier molecular flexibility index (Phi) is 4.88. The van der Waals surface area contributed by atoms with Crippen molar-refractivity contribution in [1.82, 2.24) is 20.2 Å². The molecule has 0 spiro atoms. The molecular formula is C8H13N5O3S. The number of hydrogen-bond acceptors (Lipinski definition) is 7. The molecule has 1 unspecified atom stereocenters. The topological polar surface area (TPSA) is 113 Å². The van der Waals surface area contributed by atoms with Gasteiger partial charge in [0.05, 0.1) is 7.11 Å². The van der Waals surface area contributed by atoms with Gasteiger partial charge in [0.1, 0.15) is 6.54 Å². The van der Waals surface area contributed by atoms with Gasteiger partial charge in [-0.05, 0) is 10.4 Å². The number of amides is 1. The average molecular weight is 259 g/mol. The monoisotopic (exact) mass is 259 g/mol. The van der Waals surface area contributed by atoms with Crippen LogP contribution in [0.4, 0.5) is 0 Å². The Bertz CT molecular complexity index is 408. The normalized spacial score (nSPS) is 12.1. The average Bonchev–Trinajstić information content (AvgIpc) is 2.72. The van der Waals surface area contributed by atoms with Crippen LogP contribution < -0.4 is 5.73 Å². The number of primary amides is 1. The van der Waals surface area contributed by atoms with Crippen LogP contribution in [0.2, 0.25) is 0 Å². The Morgan fingerprint density at radius 2 is 2.29 bits per heavy atom. The summed E-state index contributed by atoms with van der Waals surface area (Å²) in [7, 11) is 1.29. The molecular weight excluding hydrogens is 246 g/mol. The Labute approximate surface area is 102 Å².